The molecule has 0 aliphatic rings. The number of pyridine rings is 1. The average Bonchev–Trinajstić information content (AvgIpc) is 2.53. The van der Waals surface area contributed by atoms with Crippen LogP contribution >= 0.6 is 0 Å². The van der Waals surface area contributed by atoms with E-state index in [0.717, 1.165) is 0 Å². The average molecular weight is 297 g/mol. The zero-order valence-electron chi connectivity index (χ0n) is 11.7. The summed E-state index contributed by atoms with van der Waals surface area (Å²) < 4.78 is 19.2. The van der Waals surface area contributed by atoms with Gasteiger partial charge in [-0.2, -0.15) is 0 Å². The molecule has 0 amide bonds. The summed E-state index contributed by atoms with van der Waals surface area (Å²) in [6, 6.07) is 12.6. The normalized spacial score (nSPS) is 10.6. The summed E-state index contributed by atoms with van der Waals surface area (Å²) in [5.74, 6) is -1.20. The van der Waals surface area contributed by atoms with Crippen LogP contribution < -0.4 is 4.74 Å². The van der Waals surface area contributed by atoms with Gasteiger partial charge in [0, 0.05) is 17.0 Å². The van der Waals surface area contributed by atoms with Crippen molar-refractivity contribution in [2.45, 2.75) is 0 Å². The first-order chi connectivity index (χ1) is 10.6. The third-order valence-electron chi connectivity index (χ3n) is 3.40. The van der Waals surface area contributed by atoms with Gasteiger partial charge in [0.1, 0.15) is 11.6 Å². The standard InChI is InChI=1S/C17H12FNO3/c1-22-10-6-7-12(14(18)8-10)16-9-13(17(20)21)11-4-2-3-5-15(11)19-16/h2-9H,1H3,(H,20,21). The number of carboxylic acids is 1. The number of fused-ring (bicyclic) bond motifs is 1. The van der Waals surface area contributed by atoms with E-state index < -0.39 is 11.8 Å². The van der Waals surface area contributed by atoms with Gasteiger partial charge in [0.15, 0.2) is 0 Å². The monoisotopic (exact) mass is 297 g/mol. The van der Waals surface area contributed by atoms with Gasteiger partial charge in [-0.1, -0.05) is 18.2 Å². The molecule has 0 aliphatic heterocycles. The van der Waals surface area contributed by atoms with Gasteiger partial charge in [-0.05, 0) is 24.3 Å². The number of methoxy groups -OCH3 is 1. The fraction of sp³-hybridized carbons (Fsp3) is 0.0588. The molecule has 0 saturated heterocycles. The number of carbonyl (C=O) groups is 1. The number of aromatic carboxylic acids is 1. The summed E-state index contributed by atoms with van der Waals surface area (Å²) in [7, 11) is 1.45. The second-order valence-corrected chi connectivity index (χ2v) is 4.72. The molecule has 1 N–H and O–H groups in total. The van der Waals surface area contributed by atoms with Crippen LogP contribution in [0.3, 0.4) is 0 Å². The Balaban J connectivity index is 2.25. The number of ether oxygens (including phenoxy) is 1. The van der Waals surface area contributed by atoms with E-state index in [1.165, 1.54) is 25.3 Å². The van der Waals surface area contributed by atoms with E-state index in [1.807, 2.05) is 0 Å². The van der Waals surface area contributed by atoms with Gasteiger partial charge in [0.05, 0.1) is 23.9 Å². The molecule has 0 aliphatic carbocycles. The predicted octanol–water partition coefficient (Wildman–Crippen LogP) is 3.75. The zero-order valence-corrected chi connectivity index (χ0v) is 11.7. The number of rotatable bonds is 3. The fourth-order valence-corrected chi connectivity index (χ4v) is 2.32. The van der Waals surface area contributed by atoms with Gasteiger partial charge in [0.25, 0.3) is 0 Å². The Hall–Kier alpha value is -2.95. The number of halogens is 1. The van der Waals surface area contributed by atoms with Crippen LogP contribution in [0.25, 0.3) is 22.2 Å². The van der Waals surface area contributed by atoms with Gasteiger partial charge in [-0.3, -0.25) is 0 Å². The smallest absolute Gasteiger partial charge is 0.336 e. The topological polar surface area (TPSA) is 59.4 Å². The molecule has 22 heavy (non-hydrogen) atoms. The first-order valence-corrected chi connectivity index (χ1v) is 6.57. The maximum Gasteiger partial charge on any atom is 0.336 e. The number of para-hydroxylation sites is 1. The molecule has 5 heteroatoms. The predicted molar refractivity (Wildman–Crippen MR) is 80.6 cm³/mol. The van der Waals surface area contributed by atoms with Crippen molar-refractivity contribution in [3.63, 3.8) is 0 Å². The van der Waals surface area contributed by atoms with Crippen molar-refractivity contribution in [2.24, 2.45) is 0 Å². The van der Waals surface area contributed by atoms with Crippen molar-refractivity contribution in [1.29, 1.82) is 0 Å². The zero-order chi connectivity index (χ0) is 15.7. The van der Waals surface area contributed by atoms with Crippen LogP contribution in [0.2, 0.25) is 0 Å². The molecule has 0 unspecified atom stereocenters. The number of benzene rings is 2. The van der Waals surface area contributed by atoms with E-state index in [2.05, 4.69) is 4.98 Å². The fourth-order valence-electron chi connectivity index (χ4n) is 2.32. The Morgan fingerprint density at radius 3 is 2.64 bits per heavy atom. The van der Waals surface area contributed by atoms with Crippen LogP contribution in [-0.4, -0.2) is 23.2 Å². The molecule has 1 aromatic heterocycles. The molecule has 2 aromatic carbocycles. The van der Waals surface area contributed by atoms with Crippen molar-refractivity contribution in [2.75, 3.05) is 7.11 Å². The molecule has 110 valence electrons. The third kappa shape index (κ3) is 2.37. The largest absolute Gasteiger partial charge is 0.497 e. The van der Waals surface area contributed by atoms with Crippen molar-refractivity contribution in [1.82, 2.24) is 4.98 Å². The molecule has 1 heterocycles. The maximum absolute atomic E-state index is 14.2. The molecule has 0 atom stereocenters. The van der Waals surface area contributed by atoms with Gasteiger partial charge >= 0.3 is 5.97 Å². The minimum atomic E-state index is -1.08. The molecule has 0 bridgehead atoms. The Bertz CT molecular complexity index is 877. The summed E-state index contributed by atoms with van der Waals surface area (Å²) in [5, 5.41) is 9.89. The molecular formula is C17H12FNO3. The molecule has 3 aromatic rings. The lowest BCUT2D eigenvalue weighted by Gasteiger charge is -2.09. The lowest BCUT2D eigenvalue weighted by molar-refractivity contribution is 0.0699. The van der Waals surface area contributed by atoms with E-state index in [4.69, 9.17) is 4.74 Å². The second-order valence-electron chi connectivity index (χ2n) is 4.72. The molecule has 0 saturated carbocycles. The van der Waals surface area contributed by atoms with E-state index in [9.17, 15) is 14.3 Å². The van der Waals surface area contributed by atoms with Crippen molar-refractivity contribution in [3.8, 4) is 17.0 Å². The van der Waals surface area contributed by atoms with Crippen molar-refractivity contribution in [3.05, 3.63) is 59.9 Å². The van der Waals surface area contributed by atoms with Crippen LogP contribution in [0.5, 0.6) is 5.75 Å². The molecule has 0 spiro atoms. The molecule has 0 fully saturated rings. The van der Waals surface area contributed by atoms with Crippen LogP contribution in [0, 0.1) is 5.82 Å². The Morgan fingerprint density at radius 1 is 1.18 bits per heavy atom. The number of nitrogens with zero attached hydrogens (tertiary/aromatic N) is 1. The Kier molecular flexibility index (Phi) is 3.47. The van der Waals surface area contributed by atoms with Crippen molar-refractivity contribution < 1.29 is 19.0 Å². The summed E-state index contributed by atoms with van der Waals surface area (Å²) >= 11 is 0. The van der Waals surface area contributed by atoms with Crippen LogP contribution in [0.4, 0.5) is 4.39 Å². The molecular weight excluding hydrogens is 285 g/mol. The minimum absolute atomic E-state index is 0.0934. The van der Waals surface area contributed by atoms with E-state index in [0.29, 0.717) is 16.7 Å². The molecule has 4 nitrogen and oxygen atoms in total. The van der Waals surface area contributed by atoms with Gasteiger partial charge in [-0.25, -0.2) is 14.2 Å². The Morgan fingerprint density at radius 2 is 1.95 bits per heavy atom. The quantitative estimate of drug-likeness (QED) is 0.800. The van der Waals surface area contributed by atoms with E-state index in [-0.39, 0.29) is 16.8 Å². The number of carboxylic acid groups (broad SMARTS) is 1. The lowest BCUT2D eigenvalue weighted by Crippen LogP contribution is -2.01. The van der Waals surface area contributed by atoms with Gasteiger partial charge in [0.2, 0.25) is 0 Å². The summed E-state index contributed by atoms with van der Waals surface area (Å²) in [6.07, 6.45) is 0. The van der Waals surface area contributed by atoms with Gasteiger partial charge < -0.3 is 9.84 Å². The Labute approximate surface area is 125 Å². The highest BCUT2D eigenvalue weighted by atomic mass is 19.1. The molecule has 0 radical (unpaired) electrons. The number of hydrogen-bond donors (Lipinski definition) is 1. The summed E-state index contributed by atoms with van der Waals surface area (Å²) in [5.41, 5.74) is 1.11. The second kappa shape index (κ2) is 5.44. The lowest BCUT2D eigenvalue weighted by atomic mass is 10.0. The van der Waals surface area contributed by atoms with Gasteiger partial charge in [-0.15, -0.1) is 0 Å². The van der Waals surface area contributed by atoms with Crippen LogP contribution in [0.1, 0.15) is 10.4 Å². The third-order valence-corrected chi connectivity index (χ3v) is 3.40. The van der Waals surface area contributed by atoms with E-state index >= 15 is 0 Å². The van der Waals surface area contributed by atoms with E-state index in [1.54, 1.807) is 30.3 Å². The SMILES string of the molecule is COc1ccc(-c2cc(C(=O)O)c3ccccc3n2)c(F)c1. The highest BCUT2D eigenvalue weighted by molar-refractivity contribution is 6.03. The number of hydrogen-bond acceptors (Lipinski definition) is 3. The highest BCUT2D eigenvalue weighted by Gasteiger charge is 2.15. The maximum atomic E-state index is 14.2. The van der Waals surface area contributed by atoms with Crippen molar-refractivity contribution >= 4 is 16.9 Å². The summed E-state index contributed by atoms with van der Waals surface area (Å²) in [6.45, 7) is 0. The first-order valence-electron chi connectivity index (χ1n) is 6.57. The highest BCUT2D eigenvalue weighted by Crippen LogP contribution is 2.28. The summed E-state index contributed by atoms with van der Waals surface area (Å²) in [4.78, 5) is 15.8. The van der Waals surface area contributed by atoms with Crippen LogP contribution in [0.15, 0.2) is 48.5 Å². The first kappa shape index (κ1) is 14.0. The number of aromatic nitrogens is 1. The van der Waals surface area contributed by atoms with Crippen LogP contribution in [-0.2, 0) is 0 Å². The molecule has 3 rings (SSSR count). The minimum Gasteiger partial charge on any atom is -0.497 e.